The molecule has 0 aliphatic rings. The van der Waals surface area contributed by atoms with Crippen LogP contribution in [0.3, 0.4) is 0 Å². The lowest BCUT2D eigenvalue weighted by atomic mass is 9.96. The van der Waals surface area contributed by atoms with Crippen molar-refractivity contribution in [2.75, 3.05) is 0 Å². The van der Waals surface area contributed by atoms with Crippen LogP contribution in [0.4, 0.5) is 0 Å². The Morgan fingerprint density at radius 1 is 0.750 bits per heavy atom. The fraction of sp³-hybridized carbons (Fsp3) is 0.364. The second-order valence-electron chi connectivity index (χ2n) is 8.18. The summed E-state index contributed by atoms with van der Waals surface area (Å²) in [5, 5.41) is 0. The molecule has 6 heteroatoms. The summed E-state index contributed by atoms with van der Waals surface area (Å²) in [6.45, 7) is 7.68. The smallest absolute Gasteiger partial charge is 0.248 e. The summed E-state index contributed by atoms with van der Waals surface area (Å²) >= 11 is 0. The molecule has 5 nitrogen and oxygen atoms in total. The van der Waals surface area contributed by atoms with Gasteiger partial charge in [-0.05, 0) is 63.8 Å². The van der Waals surface area contributed by atoms with Crippen molar-refractivity contribution in [1.82, 2.24) is 0 Å². The van der Waals surface area contributed by atoms with Gasteiger partial charge < -0.3 is 11.5 Å². The summed E-state index contributed by atoms with van der Waals surface area (Å²) in [6.07, 6.45) is 0.888. The van der Waals surface area contributed by atoms with E-state index in [-0.39, 0.29) is 0 Å². The molecule has 2 aromatic carbocycles. The second kappa shape index (κ2) is 8.27. The maximum absolute atomic E-state index is 13.5. The van der Waals surface area contributed by atoms with Crippen molar-refractivity contribution < 1.29 is 13.8 Å². The van der Waals surface area contributed by atoms with E-state index in [4.69, 9.17) is 11.5 Å². The average molecular weight is 401 g/mol. The predicted molar refractivity (Wildman–Crippen MR) is 114 cm³/mol. The molecule has 0 atom stereocenters. The summed E-state index contributed by atoms with van der Waals surface area (Å²) in [5.41, 5.74) is 13.4. The first-order valence-electron chi connectivity index (χ1n) is 9.13. The molecule has 150 valence electrons. The minimum absolute atomic E-state index is 0.444. The van der Waals surface area contributed by atoms with Crippen LogP contribution in [0.15, 0.2) is 48.5 Å². The van der Waals surface area contributed by atoms with Crippen molar-refractivity contribution in [3.8, 4) is 0 Å². The highest BCUT2D eigenvalue weighted by Crippen LogP contribution is 2.32. The molecular formula is C22H28N2O3S. The van der Waals surface area contributed by atoms with Gasteiger partial charge in [-0.15, -0.1) is 0 Å². The van der Waals surface area contributed by atoms with Gasteiger partial charge in [0.15, 0.2) is 0 Å². The summed E-state index contributed by atoms with van der Waals surface area (Å²) in [5.74, 6) is -0.987. The predicted octanol–water partition coefficient (Wildman–Crippen LogP) is 2.98. The van der Waals surface area contributed by atoms with Crippen LogP contribution in [-0.4, -0.2) is 25.5 Å². The number of benzene rings is 2. The number of rotatable bonds is 8. The lowest BCUT2D eigenvalue weighted by Crippen LogP contribution is -2.43. The minimum Gasteiger partial charge on any atom is -0.366 e. The summed E-state index contributed by atoms with van der Waals surface area (Å²) in [7, 11) is -1.29. The van der Waals surface area contributed by atoms with Crippen LogP contribution >= 0.6 is 0 Å². The van der Waals surface area contributed by atoms with Crippen molar-refractivity contribution in [1.29, 1.82) is 0 Å². The lowest BCUT2D eigenvalue weighted by molar-refractivity contribution is 0.0991. The van der Waals surface area contributed by atoms with Crippen LogP contribution in [-0.2, 0) is 23.6 Å². The van der Waals surface area contributed by atoms with E-state index in [1.165, 1.54) is 0 Å². The maximum Gasteiger partial charge on any atom is 0.248 e. The third kappa shape index (κ3) is 4.87. The van der Waals surface area contributed by atoms with Gasteiger partial charge in [-0.3, -0.25) is 13.8 Å². The topological polar surface area (TPSA) is 103 Å². The molecule has 0 aliphatic carbocycles. The highest BCUT2D eigenvalue weighted by molar-refractivity contribution is 7.87. The number of carbonyl (C=O) groups is 2. The summed E-state index contributed by atoms with van der Waals surface area (Å²) in [6, 6.07) is 14.3. The van der Waals surface area contributed by atoms with Crippen LogP contribution < -0.4 is 11.5 Å². The first kappa shape index (κ1) is 21.8. The Kier molecular flexibility index (Phi) is 6.44. The largest absolute Gasteiger partial charge is 0.366 e. The van der Waals surface area contributed by atoms with Crippen molar-refractivity contribution in [3.63, 3.8) is 0 Å². The number of primary amides is 2. The van der Waals surface area contributed by atoms with Crippen LogP contribution in [0, 0.1) is 0 Å². The third-order valence-corrected chi connectivity index (χ3v) is 7.10. The first-order valence-corrected chi connectivity index (χ1v) is 10.3. The molecule has 0 radical (unpaired) electrons. The molecule has 2 rings (SSSR count). The Morgan fingerprint density at radius 3 is 1.39 bits per heavy atom. The van der Waals surface area contributed by atoms with Crippen molar-refractivity contribution in [2.45, 2.75) is 50.0 Å². The van der Waals surface area contributed by atoms with Gasteiger partial charge >= 0.3 is 0 Å². The van der Waals surface area contributed by atoms with E-state index in [0.717, 1.165) is 11.1 Å². The van der Waals surface area contributed by atoms with Gasteiger partial charge in [-0.1, -0.05) is 36.4 Å². The Bertz CT molecular complexity index is 846. The van der Waals surface area contributed by atoms with Gasteiger partial charge in [0.05, 0.1) is 0 Å². The monoisotopic (exact) mass is 400 g/mol. The maximum atomic E-state index is 13.5. The van der Waals surface area contributed by atoms with E-state index < -0.39 is 32.1 Å². The third-order valence-electron chi connectivity index (χ3n) is 4.80. The minimum atomic E-state index is -1.29. The van der Waals surface area contributed by atoms with Crippen LogP contribution in [0.1, 0.15) is 59.5 Å². The number of carbonyl (C=O) groups excluding carboxylic acids is 2. The zero-order chi connectivity index (χ0) is 21.1. The molecule has 0 saturated carbocycles. The second-order valence-corrected chi connectivity index (χ2v) is 10.9. The van der Waals surface area contributed by atoms with E-state index in [1.807, 2.05) is 52.0 Å². The molecule has 0 aliphatic heterocycles. The molecule has 0 heterocycles. The Hall–Kier alpha value is -2.47. The SMILES string of the molecule is CC(C)(Cc1ccccc1C(N)=O)S(=O)C(C)(C)Cc1ccccc1C(N)=O. The Morgan fingerprint density at radius 2 is 1.07 bits per heavy atom. The Labute approximate surface area is 169 Å². The van der Waals surface area contributed by atoms with Crippen molar-refractivity contribution >= 4 is 22.6 Å². The molecule has 0 fully saturated rings. The van der Waals surface area contributed by atoms with Crippen LogP contribution in [0.5, 0.6) is 0 Å². The van der Waals surface area contributed by atoms with Crippen molar-refractivity contribution in [3.05, 3.63) is 70.8 Å². The fourth-order valence-corrected chi connectivity index (χ4v) is 5.70. The molecule has 0 unspecified atom stereocenters. The molecule has 0 aromatic heterocycles. The quantitative estimate of drug-likeness (QED) is 0.712. The van der Waals surface area contributed by atoms with Gasteiger partial charge in [-0.2, -0.15) is 0 Å². The van der Waals surface area contributed by atoms with Gasteiger partial charge in [0.25, 0.3) is 0 Å². The van der Waals surface area contributed by atoms with E-state index in [9.17, 15) is 13.8 Å². The van der Waals surface area contributed by atoms with Gasteiger partial charge in [0.2, 0.25) is 11.8 Å². The number of hydrogen-bond acceptors (Lipinski definition) is 3. The molecule has 0 bridgehead atoms. The van der Waals surface area contributed by atoms with Gasteiger partial charge in [-0.25, -0.2) is 0 Å². The highest BCUT2D eigenvalue weighted by Gasteiger charge is 2.38. The van der Waals surface area contributed by atoms with E-state index in [0.29, 0.717) is 24.0 Å². The number of nitrogens with two attached hydrogens (primary N) is 2. The van der Waals surface area contributed by atoms with E-state index in [2.05, 4.69) is 0 Å². The highest BCUT2D eigenvalue weighted by atomic mass is 32.2. The summed E-state index contributed by atoms with van der Waals surface area (Å²) < 4.78 is 12.3. The van der Waals surface area contributed by atoms with Gasteiger partial charge in [0.1, 0.15) is 0 Å². The summed E-state index contributed by atoms with van der Waals surface area (Å²) in [4.78, 5) is 23.4. The number of amides is 2. The molecule has 4 N–H and O–H groups in total. The zero-order valence-electron chi connectivity index (χ0n) is 16.8. The number of hydrogen-bond donors (Lipinski definition) is 2. The van der Waals surface area contributed by atoms with E-state index >= 15 is 0 Å². The molecule has 2 aromatic rings. The van der Waals surface area contributed by atoms with Crippen LogP contribution in [0.2, 0.25) is 0 Å². The van der Waals surface area contributed by atoms with Crippen molar-refractivity contribution in [2.24, 2.45) is 11.5 Å². The standard InChI is InChI=1S/C22H28N2O3S/c1-21(2,13-15-9-5-7-11-17(15)19(23)25)28(27)22(3,4)14-16-10-6-8-12-18(16)20(24)26/h5-12H,13-14H2,1-4H3,(H2,23,25)(H2,24,26). The lowest BCUT2D eigenvalue weighted by Gasteiger charge is -2.35. The molecule has 2 amide bonds. The van der Waals surface area contributed by atoms with Gasteiger partial charge in [0, 0.05) is 31.4 Å². The average Bonchev–Trinajstić information content (AvgIpc) is 2.61. The normalized spacial score (nSPS) is 12.2. The zero-order valence-corrected chi connectivity index (χ0v) is 17.6. The molecular weight excluding hydrogens is 372 g/mol. The van der Waals surface area contributed by atoms with E-state index in [1.54, 1.807) is 24.3 Å². The first-order chi connectivity index (χ1) is 13.0. The molecule has 28 heavy (non-hydrogen) atoms. The molecule has 0 spiro atoms. The molecule has 0 saturated heterocycles. The fourth-order valence-electron chi connectivity index (χ4n) is 3.63. The Balaban J connectivity index is 2.30. The van der Waals surface area contributed by atoms with Crippen LogP contribution in [0.25, 0.3) is 0 Å².